The second kappa shape index (κ2) is 9.59. The maximum Gasteiger partial charge on any atom is 0.0180 e. The average Bonchev–Trinajstić information content (AvgIpc) is 2.10. The Morgan fingerprint density at radius 2 is 2.08 bits per heavy atom. The van der Waals surface area contributed by atoms with Crippen molar-refractivity contribution in [1.82, 2.24) is 5.32 Å². The van der Waals surface area contributed by atoms with Gasteiger partial charge in [-0.3, -0.25) is 0 Å². The van der Waals surface area contributed by atoms with Gasteiger partial charge in [-0.2, -0.15) is 11.8 Å². The van der Waals surface area contributed by atoms with Crippen molar-refractivity contribution in [3.05, 3.63) is 0 Å². The Bertz CT molecular complexity index is 109. The number of halogens is 1. The minimum absolute atomic E-state index is 0.701. The summed E-state index contributed by atoms with van der Waals surface area (Å²) in [5, 5.41) is 3.61. The van der Waals surface area contributed by atoms with Crippen LogP contribution in [0.3, 0.4) is 0 Å². The van der Waals surface area contributed by atoms with E-state index >= 15 is 0 Å². The molecule has 1 N–H and O–H groups in total. The van der Waals surface area contributed by atoms with Crippen LogP contribution < -0.4 is 5.32 Å². The first-order valence-corrected chi connectivity index (χ1v) is 7.77. The lowest BCUT2D eigenvalue weighted by Gasteiger charge is -2.19. The largest absolute Gasteiger partial charge is 0.313 e. The smallest absolute Gasteiger partial charge is 0.0180 e. The molecule has 0 rings (SSSR count). The Hall–Kier alpha value is 1.04. The van der Waals surface area contributed by atoms with Crippen molar-refractivity contribution in [2.75, 3.05) is 22.5 Å². The van der Waals surface area contributed by atoms with Crippen LogP contribution in [0, 0.1) is 5.92 Å². The first kappa shape index (κ1) is 14.0. The van der Waals surface area contributed by atoms with Crippen molar-refractivity contribution in [1.29, 1.82) is 0 Å². The SMILES string of the molecule is CCSCCCNC(CI)C(C)C. The molecule has 0 saturated heterocycles. The van der Waals surface area contributed by atoms with E-state index in [-0.39, 0.29) is 0 Å². The monoisotopic (exact) mass is 315 g/mol. The summed E-state index contributed by atoms with van der Waals surface area (Å²) in [7, 11) is 0. The topological polar surface area (TPSA) is 12.0 Å². The molecular weight excluding hydrogens is 293 g/mol. The molecule has 0 aromatic carbocycles. The lowest BCUT2D eigenvalue weighted by Crippen LogP contribution is -2.36. The van der Waals surface area contributed by atoms with Crippen molar-refractivity contribution in [2.24, 2.45) is 5.92 Å². The van der Waals surface area contributed by atoms with Gasteiger partial charge in [0, 0.05) is 10.5 Å². The fourth-order valence-electron chi connectivity index (χ4n) is 1.07. The molecule has 0 aromatic rings. The van der Waals surface area contributed by atoms with E-state index in [1.165, 1.54) is 28.9 Å². The summed E-state index contributed by atoms with van der Waals surface area (Å²) < 4.78 is 1.22. The summed E-state index contributed by atoms with van der Waals surface area (Å²) in [5.41, 5.74) is 0. The van der Waals surface area contributed by atoms with Gasteiger partial charge in [0.15, 0.2) is 0 Å². The highest BCUT2D eigenvalue weighted by Crippen LogP contribution is 2.05. The minimum atomic E-state index is 0.701. The average molecular weight is 315 g/mol. The van der Waals surface area contributed by atoms with Gasteiger partial charge in [0.2, 0.25) is 0 Å². The highest BCUT2D eigenvalue weighted by Gasteiger charge is 2.09. The van der Waals surface area contributed by atoms with Crippen LogP contribution in [0.1, 0.15) is 27.2 Å². The molecule has 1 nitrogen and oxygen atoms in total. The third kappa shape index (κ3) is 8.06. The molecule has 0 fully saturated rings. The molecule has 0 aliphatic heterocycles. The van der Waals surface area contributed by atoms with E-state index in [1.807, 2.05) is 11.8 Å². The molecule has 3 heteroatoms. The van der Waals surface area contributed by atoms with Crippen molar-refractivity contribution >= 4 is 34.4 Å². The third-order valence-corrected chi connectivity index (χ3v) is 3.98. The van der Waals surface area contributed by atoms with Crippen LogP contribution in [0.25, 0.3) is 0 Å². The molecular formula is C10H22INS. The summed E-state index contributed by atoms with van der Waals surface area (Å²) in [4.78, 5) is 0. The van der Waals surface area contributed by atoms with Crippen molar-refractivity contribution in [3.8, 4) is 0 Å². The standard InChI is InChI=1S/C10H22INS/c1-4-13-7-5-6-12-10(8-11)9(2)3/h9-10,12H,4-8H2,1-3H3. The van der Waals surface area contributed by atoms with Gasteiger partial charge in [0.1, 0.15) is 0 Å². The first-order valence-electron chi connectivity index (χ1n) is 5.09. The molecule has 80 valence electrons. The number of rotatable bonds is 8. The van der Waals surface area contributed by atoms with Crippen LogP contribution in [-0.2, 0) is 0 Å². The molecule has 0 amide bonds. The van der Waals surface area contributed by atoms with Crippen LogP contribution in [0.2, 0.25) is 0 Å². The second-order valence-corrected chi connectivity index (χ2v) is 5.78. The maximum absolute atomic E-state index is 3.61. The van der Waals surface area contributed by atoms with Crippen LogP contribution >= 0.6 is 34.4 Å². The zero-order valence-electron chi connectivity index (χ0n) is 8.98. The summed E-state index contributed by atoms with van der Waals surface area (Å²) in [6.45, 7) is 7.98. The van der Waals surface area contributed by atoms with Crippen LogP contribution in [0.5, 0.6) is 0 Å². The molecule has 13 heavy (non-hydrogen) atoms. The van der Waals surface area contributed by atoms with Crippen molar-refractivity contribution in [2.45, 2.75) is 33.2 Å². The van der Waals surface area contributed by atoms with E-state index < -0.39 is 0 Å². The highest BCUT2D eigenvalue weighted by atomic mass is 127. The Kier molecular flexibility index (Phi) is 10.4. The normalized spacial score (nSPS) is 13.6. The van der Waals surface area contributed by atoms with E-state index in [1.54, 1.807) is 0 Å². The van der Waals surface area contributed by atoms with Crippen LogP contribution in [0.15, 0.2) is 0 Å². The third-order valence-electron chi connectivity index (χ3n) is 2.05. The molecule has 1 atom stereocenters. The number of thioether (sulfide) groups is 1. The quantitative estimate of drug-likeness (QED) is 0.419. The van der Waals surface area contributed by atoms with Gasteiger partial charge in [-0.25, -0.2) is 0 Å². The van der Waals surface area contributed by atoms with Crippen LogP contribution in [0.4, 0.5) is 0 Å². The Morgan fingerprint density at radius 1 is 1.38 bits per heavy atom. The highest BCUT2D eigenvalue weighted by molar-refractivity contribution is 14.1. The minimum Gasteiger partial charge on any atom is -0.313 e. The zero-order chi connectivity index (χ0) is 10.1. The number of nitrogens with one attached hydrogen (secondary N) is 1. The van der Waals surface area contributed by atoms with Crippen molar-refractivity contribution < 1.29 is 0 Å². The van der Waals surface area contributed by atoms with Crippen LogP contribution in [-0.4, -0.2) is 28.5 Å². The molecule has 0 spiro atoms. The molecule has 0 aliphatic carbocycles. The van der Waals surface area contributed by atoms with E-state index in [4.69, 9.17) is 0 Å². The molecule has 0 saturated carbocycles. The molecule has 0 heterocycles. The van der Waals surface area contributed by atoms with E-state index in [0.29, 0.717) is 6.04 Å². The number of hydrogen-bond donors (Lipinski definition) is 1. The first-order chi connectivity index (χ1) is 6.22. The van der Waals surface area contributed by atoms with Gasteiger partial charge >= 0.3 is 0 Å². The fraction of sp³-hybridized carbons (Fsp3) is 1.00. The predicted molar refractivity (Wildman–Crippen MR) is 73.1 cm³/mol. The Balaban J connectivity index is 3.28. The molecule has 0 radical (unpaired) electrons. The van der Waals surface area contributed by atoms with Gasteiger partial charge in [-0.05, 0) is 30.4 Å². The number of alkyl halides is 1. The van der Waals surface area contributed by atoms with Gasteiger partial charge < -0.3 is 5.32 Å². The maximum atomic E-state index is 3.61. The molecule has 0 bridgehead atoms. The van der Waals surface area contributed by atoms with Gasteiger partial charge in [0.05, 0.1) is 0 Å². The predicted octanol–water partition coefficient (Wildman–Crippen LogP) is 3.18. The summed E-state index contributed by atoms with van der Waals surface area (Å²) >= 11 is 4.50. The zero-order valence-corrected chi connectivity index (χ0v) is 12.0. The lowest BCUT2D eigenvalue weighted by atomic mass is 10.1. The fourth-order valence-corrected chi connectivity index (χ4v) is 3.04. The van der Waals surface area contributed by atoms with Crippen molar-refractivity contribution in [3.63, 3.8) is 0 Å². The summed E-state index contributed by atoms with van der Waals surface area (Å²) in [6, 6.07) is 0.701. The Labute approximate surface area is 101 Å². The molecule has 0 aromatic heterocycles. The van der Waals surface area contributed by atoms with Gasteiger partial charge in [-0.1, -0.05) is 43.4 Å². The Morgan fingerprint density at radius 3 is 2.54 bits per heavy atom. The molecule has 0 aliphatic rings. The van der Waals surface area contributed by atoms with E-state index in [2.05, 4.69) is 48.7 Å². The van der Waals surface area contributed by atoms with E-state index in [9.17, 15) is 0 Å². The van der Waals surface area contributed by atoms with Gasteiger partial charge in [0.25, 0.3) is 0 Å². The second-order valence-electron chi connectivity index (χ2n) is 3.51. The molecule has 1 unspecified atom stereocenters. The number of hydrogen-bond acceptors (Lipinski definition) is 2. The summed E-state index contributed by atoms with van der Waals surface area (Å²) in [5.74, 6) is 3.31. The lowest BCUT2D eigenvalue weighted by molar-refractivity contribution is 0.439. The van der Waals surface area contributed by atoms with E-state index in [0.717, 1.165) is 5.92 Å². The summed E-state index contributed by atoms with van der Waals surface area (Å²) in [6.07, 6.45) is 1.30. The van der Waals surface area contributed by atoms with Gasteiger partial charge in [-0.15, -0.1) is 0 Å².